The van der Waals surface area contributed by atoms with Crippen LogP contribution >= 0.6 is 22.9 Å². The average Bonchev–Trinajstić information content (AvgIpc) is 2.93. The molecule has 23 heavy (non-hydrogen) atoms. The largest absolute Gasteiger partial charge is 0.417 e. The molecule has 2 aromatic rings. The van der Waals surface area contributed by atoms with Crippen LogP contribution in [0.25, 0.3) is 0 Å². The van der Waals surface area contributed by atoms with E-state index in [0.717, 1.165) is 26.9 Å². The van der Waals surface area contributed by atoms with E-state index in [1.165, 1.54) is 11.3 Å². The maximum atomic E-state index is 13.2. The predicted octanol–water partition coefficient (Wildman–Crippen LogP) is 4.17. The summed E-state index contributed by atoms with van der Waals surface area (Å²) in [6, 6.07) is 4.52. The lowest BCUT2D eigenvalue weighted by molar-refractivity contribution is -0.139. The first-order valence-electron chi connectivity index (χ1n) is 6.62. The number of benzene rings is 1. The Morgan fingerprint density at radius 3 is 2.65 bits per heavy atom. The molecule has 0 saturated carbocycles. The van der Waals surface area contributed by atoms with Crippen LogP contribution in [0, 0.1) is 0 Å². The minimum absolute atomic E-state index is 0.0844. The summed E-state index contributed by atoms with van der Waals surface area (Å²) in [7, 11) is -4.25. The highest BCUT2D eigenvalue weighted by Gasteiger charge is 2.40. The van der Waals surface area contributed by atoms with Crippen LogP contribution in [0.3, 0.4) is 0 Å². The van der Waals surface area contributed by atoms with Gasteiger partial charge in [0, 0.05) is 23.0 Å². The van der Waals surface area contributed by atoms with E-state index in [-0.39, 0.29) is 18.1 Å². The monoisotopic (exact) mass is 381 g/mol. The van der Waals surface area contributed by atoms with Crippen molar-refractivity contribution in [2.75, 3.05) is 6.54 Å². The molecule has 3 rings (SSSR count). The molecule has 0 bridgehead atoms. The molecule has 0 unspecified atom stereocenters. The zero-order valence-corrected chi connectivity index (χ0v) is 14.0. The number of rotatable bonds is 2. The normalized spacial score (nSPS) is 16.3. The van der Waals surface area contributed by atoms with Gasteiger partial charge < -0.3 is 0 Å². The molecule has 0 spiro atoms. The summed E-state index contributed by atoms with van der Waals surface area (Å²) < 4.78 is 66.0. The van der Waals surface area contributed by atoms with E-state index < -0.39 is 26.7 Å². The van der Waals surface area contributed by atoms with Gasteiger partial charge in [-0.05, 0) is 41.6 Å². The van der Waals surface area contributed by atoms with Crippen molar-refractivity contribution >= 4 is 33.0 Å². The van der Waals surface area contributed by atoms with Crippen molar-refractivity contribution in [3.05, 3.63) is 50.7 Å². The first-order valence-corrected chi connectivity index (χ1v) is 9.31. The van der Waals surface area contributed by atoms with Crippen molar-refractivity contribution in [1.29, 1.82) is 0 Å². The van der Waals surface area contributed by atoms with E-state index in [9.17, 15) is 21.6 Å². The van der Waals surface area contributed by atoms with Gasteiger partial charge in [0.25, 0.3) is 0 Å². The van der Waals surface area contributed by atoms with Crippen LogP contribution in [0.4, 0.5) is 13.2 Å². The van der Waals surface area contributed by atoms with Crippen molar-refractivity contribution in [3.8, 4) is 0 Å². The van der Waals surface area contributed by atoms with Gasteiger partial charge in [-0.25, -0.2) is 8.42 Å². The number of thiophene rings is 1. The lowest BCUT2D eigenvalue weighted by atomic mass is 10.1. The molecule has 0 saturated heterocycles. The average molecular weight is 382 g/mol. The molecule has 0 amide bonds. The van der Waals surface area contributed by atoms with Crippen molar-refractivity contribution in [2.24, 2.45) is 0 Å². The Labute approximate surface area is 140 Å². The molecule has 0 fully saturated rings. The maximum Gasteiger partial charge on any atom is 0.417 e. The van der Waals surface area contributed by atoms with E-state index in [4.69, 9.17) is 11.6 Å². The van der Waals surface area contributed by atoms with Gasteiger partial charge in [0.2, 0.25) is 10.0 Å². The Hall–Kier alpha value is -1.09. The molecule has 124 valence electrons. The Morgan fingerprint density at radius 2 is 1.96 bits per heavy atom. The summed E-state index contributed by atoms with van der Waals surface area (Å²) in [5.41, 5.74) is -0.395. The highest BCUT2D eigenvalue weighted by Crippen LogP contribution is 2.38. The number of hydrogen-bond donors (Lipinski definition) is 0. The smallest absolute Gasteiger partial charge is 0.207 e. The van der Waals surface area contributed by atoms with Crippen LogP contribution in [-0.4, -0.2) is 19.3 Å². The summed E-state index contributed by atoms with van der Waals surface area (Å²) >= 11 is 7.13. The van der Waals surface area contributed by atoms with Crippen LogP contribution < -0.4 is 0 Å². The van der Waals surface area contributed by atoms with Gasteiger partial charge in [-0.3, -0.25) is 0 Å². The van der Waals surface area contributed by atoms with E-state index in [1.807, 2.05) is 5.38 Å². The van der Waals surface area contributed by atoms with E-state index in [2.05, 4.69) is 0 Å². The number of halogens is 4. The molecular formula is C14H11ClF3NO2S2. The molecule has 1 aliphatic rings. The van der Waals surface area contributed by atoms with Crippen LogP contribution in [0.15, 0.2) is 34.5 Å². The molecule has 1 aliphatic heterocycles. The summed E-state index contributed by atoms with van der Waals surface area (Å²) in [4.78, 5) is 0.316. The molecule has 1 aromatic heterocycles. The highest BCUT2D eigenvalue weighted by atomic mass is 35.5. The molecule has 9 heteroatoms. The van der Waals surface area contributed by atoms with Gasteiger partial charge in [0.1, 0.15) is 0 Å². The van der Waals surface area contributed by atoms with Crippen molar-refractivity contribution in [3.63, 3.8) is 0 Å². The molecule has 0 N–H and O–H groups in total. The van der Waals surface area contributed by atoms with E-state index in [1.54, 1.807) is 6.07 Å². The summed E-state index contributed by atoms with van der Waals surface area (Å²) in [5, 5.41) is 1.69. The van der Waals surface area contributed by atoms with Crippen LogP contribution in [0.5, 0.6) is 0 Å². The topological polar surface area (TPSA) is 37.4 Å². The second-order valence-electron chi connectivity index (χ2n) is 5.10. The van der Waals surface area contributed by atoms with Crippen molar-refractivity contribution < 1.29 is 21.6 Å². The Morgan fingerprint density at radius 1 is 1.22 bits per heavy atom. The van der Waals surface area contributed by atoms with Gasteiger partial charge in [0.15, 0.2) is 0 Å². The number of fused-ring (bicyclic) bond motifs is 1. The fourth-order valence-corrected chi connectivity index (χ4v) is 5.19. The fourth-order valence-electron chi connectivity index (χ4n) is 2.52. The second kappa shape index (κ2) is 5.77. The summed E-state index contributed by atoms with van der Waals surface area (Å²) in [5.74, 6) is 0. The quantitative estimate of drug-likeness (QED) is 0.783. The van der Waals surface area contributed by atoms with E-state index in [0.29, 0.717) is 12.5 Å². The number of alkyl halides is 3. The molecular weight excluding hydrogens is 371 g/mol. The Balaban J connectivity index is 2.05. The number of hydrogen-bond acceptors (Lipinski definition) is 3. The molecule has 1 aromatic carbocycles. The third-order valence-corrected chi connectivity index (χ3v) is 6.80. The minimum Gasteiger partial charge on any atom is -0.207 e. The zero-order chi connectivity index (χ0) is 16.8. The van der Waals surface area contributed by atoms with Gasteiger partial charge in [-0.1, -0.05) is 11.6 Å². The van der Waals surface area contributed by atoms with Gasteiger partial charge in [-0.2, -0.15) is 17.5 Å². The maximum absolute atomic E-state index is 13.2. The highest BCUT2D eigenvalue weighted by molar-refractivity contribution is 7.89. The first kappa shape index (κ1) is 16.8. The minimum atomic E-state index is -4.80. The molecule has 0 radical (unpaired) electrons. The van der Waals surface area contributed by atoms with Crippen LogP contribution in [0.1, 0.15) is 16.0 Å². The second-order valence-corrected chi connectivity index (χ2v) is 8.44. The molecule has 3 nitrogen and oxygen atoms in total. The zero-order valence-electron chi connectivity index (χ0n) is 11.6. The Kier molecular flexibility index (Phi) is 4.20. The standard InChI is InChI=1S/C14H11ClF3NO2S2/c15-10-1-2-13(11(7-10)14(16,17)18)23(20,21)19-5-3-12-9(8-19)4-6-22-12/h1-2,4,6-7H,3,5,8H2. The molecule has 2 heterocycles. The van der Waals surface area contributed by atoms with Crippen LogP contribution in [0.2, 0.25) is 5.02 Å². The van der Waals surface area contributed by atoms with Crippen molar-refractivity contribution in [2.45, 2.75) is 24.0 Å². The van der Waals surface area contributed by atoms with Gasteiger partial charge in [-0.15, -0.1) is 11.3 Å². The Bertz CT molecular complexity index is 846. The number of nitrogens with zero attached hydrogens (tertiary/aromatic N) is 1. The molecule has 0 aliphatic carbocycles. The fraction of sp³-hybridized carbons (Fsp3) is 0.286. The third-order valence-electron chi connectivity index (χ3n) is 3.64. The predicted molar refractivity (Wildman–Crippen MR) is 82.1 cm³/mol. The lowest BCUT2D eigenvalue weighted by Gasteiger charge is -2.27. The van der Waals surface area contributed by atoms with Crippen molar-refractivity contribution in [1.82, 2.24) is 4.31 Å². The number of sulfonamides is 1. The third kappa shape index (κ3) is 3.13. The summed E-state index contributed by atoms with van der Waals surface area (Å²) in [6.45, 7) is 0.247. The lowest BCUT2D eigenvalue weighted by Crippen LogP contribution is -2.36. The van der Waals surface area contributed by atoms with Gasteiger partial charge >= 0.3 is 6.18 Å². The SMILES string of the molecule is O=S(=O)(c1ccc(Cl)cc1C(F)(F)F)N1CCc2sccc2C1. The first-order chi connectivity index (χ1) is 10.7. The van der Waals surface area contributed by atoms with Gasteiger partial charge in [0.05, 0.1) is 10.5 Å². The van der Waals surface area contributed by atoms with Crippen LogP contribution in [-0.2, 0) is 29.2 Å². The van der Waals surface area contributed by atoms with E-state index >= 15 is 0 Å². The molecule has 0 atom stereocenters. The summed E-state index contributed by atoms with van der Waals surface area (Å²) in [6.07, 6.45) is -4.29.